The summed E-state index contributed by atoms with van der Waals surface area (Å²) in [4.78, 5) is 3.67. The van der Waals surface area contributed by atoms with E-state index in [1.54, 1.807) is 6.07 Å². The second-order valence-electron chi connectivity index (χ2n) is 2.95. The topological polar surface area (TPSA) is 24.9 Å². The molecule has 0 aliphatic rings. The van der Waals surface area contributed by atoms with E-state index in [2.05, 4.69) is 16.2 Å². The molecule has 1 aromatic heterocycles. The third-order valence-corrected chi connectivity index (χ3v) is 1.88. The molecule has 0 radical (unpaired) electrons. The molecular formula is C11H13FN2. The number of nitrogens with zero attached hydrogens (tertiary/aromatic N) is 1. The van der Waals surface area contributed by atoms with Crippen LogP contribution in [0.3, 0.4) is 0 Å². The van der Waals surface area contributed by atoms with Crippen molar-refractivity contribution in [3.8, 4) is 12.3 Å². The molecule has 0 saturated heterocycles. The molecule has 0 saturated carbocycles. The van der Waals surface area contributed by atoms with Gasteiger partial charge in [0.2, 0.25) is 0 Å². The standard InChI is InChI=1S/C11H13FN2/c1-3-6-14-11(4-2)9-5-7-13-8-10(9)12/h2,5,7-8,11,14H,3,6H2,1H3. The summed E-state index contributed by atoms with van der Waals surface area (Å²) in [7, 11) is 0. The molecule has 74 valence electrons. The van der Waals surface area contributed by atoms with E-state index in [0.717, 1.165) is 13.0 Å². The molecule has 1 N–H and O–H groups in total. The molecule has 1 rings (SSSR count). The van der Waals surface area contributed by atoms with Gasteiger partial charge in [-0.25, -0.2) is 4.39 Å². The van der Waals surface area contributed by atoms with Crippen LogP contribution >= 0.6 is 0 Å². The van der Waals surface area contributed by atoms with Crippen LogP contribution in [0, 0.1) is 18.2 Å². The van der Waals surface area contributed by atoms with E-state index in [-0.39, 0.29) is 11.9 Å². The first kappa shape index (κ1) is 10.7. The van der Waals surface area contributed by atoms with Gasteiger partial charge in [-0.05, 0) is 19.0 Å². The zero-order valence-corrected chi connectivity index (χ0v) is 8.13. The predicted molar refractivity (Wildman–Crippen MR) is 54.1 cm³/mol. The number of hydrogen-bond acceptors (Lipinski definition) is 2. The number of pyridine rings is 1. The van der Waals surface area contributed by atoms with Crippen molar-refractivity contribution < 1.29 is 4.39 Å². The lowest BCUT2D eigenvalue weighted by molar-refractivity contribution is 0.559. The van der Waals surface area contributed by atoms with Gasteiger partial charge >= 0.3 is 0 Å². The Morgan fingerprint density at radius 1 is 1.71 bits per heavy atom. The SMILES string of the molecule is C#CC(NCCC)c1ccncc1F. The fraction of sp³-hybridized carbons (Fsp3) is 0.364. The van der Waals surface area contributed by atoms with E-state index in [4.69, 9.17) is 6.42 Å². The van der Waals surface area contributed by atoms with Gasteiger partial charge in [-0.3, -0.25) is 10.3 Å². The average molecular weight is 192 g/mol. The molecule has 0 fully saturated rings. The minimum Gasteiger partial charge on any atom is -0.300 e. The van der Waals surface area contributed by atoms with Crippen molar-refractivity contribution in [2.24, 2.45) is 0 Å². The number of halogens is 1. The quantitative estimate of drug-likeness (QED) is 0.737. The Balaban J connectivity index is 2.80. The van der Waals surface area contributed by atoms with Gasteiger partial charge in [-0.2, -0.15) is 0 Å². The lowest BCUT2D eigenvalue weighted by Gasteiger charge is -2.12. The fourth-order valence-electron chi connectivity index (χ4n) is 1.17. The van der Waals surface area contributed by atoms with Gasteiger partial charge in [-0.1, -0.05) is 12.8 Å². The second kappa shape index (κ2) is 5.36. The molecule has 0 amide bonds. The van der Waals surface area contributed by atoms with Gasteiger partial charge in [0.25, 0.3) is 0 Å². The Hall–Kier alpha value is -1.40. The van der Waals surface area contributed by atoms with Crippen molar-refractivity contribution in [2.45, 2.75) is 19.4 Å². The first-order valence-electron chi connectivity index (χ1n) is 4.58. The largest absolute Gasteiger partial charge is 0.300 e. The van der Waals surface area contributed by atoms with Crippen molar-refractivity contribution in [2.75, 3.05) is 6.54 Å². The van der Waals surface area contributed by atoms with E-state index in [1.807, 2.05) is 6.92 Å². The highest BCUT2D eigenvalue weighted by Crippen LogP contribution is 2.14. The number of terminal acetylenes is 1. The molecule has 2 nitrogen and oxygen atoms in total. The summed E-state index contributed by atoms with van der Waals surface area (Å²) in [6.45, 7) is 2.81. The highest BCUT2D eigenvalue weighted by molar-refractivity contribution is 5.24. The number of rotatable bonds is 4. The van der Waals surface area contributed by atoms with Crippen LogP contribution in [0.25, 0.3) is 0 Å². The molecule has 0 aromatic carbocycles. The third-order valence-electron chi connectivity index (χ3n) is 1.88. The Bertz CT molecular complexity index is 330. The van der Waals surface area contributed by atoms with Crippen molar-refractivity contribution in [3.63, 3.8) is 0 Å². The molecule has 0 spiro atoms. The van der Waals surface area contributed by atoms with Crippen molar-refractivity contribution >= 4 is 0 Å². The molecule has 1 aromatic rings. The molecule has 1 atom stereocenters. The number of aromatic nitrogens is 1. The van der Waals surface area contributed by atoms with Crippen LogP contribution in [0.1, 0.15) is 24.9 Å². The van der Waals surface area contributed by atoms with Gasteiger partial charge in [0, 0.05) is 11.8 Å². The van der Waals surface area contributed by atoms with Crippen LogP contribution in [0.2, 0.25) is 0 Å². The van der Waals surface area contributed by atoms with Gasteiger partial charge in [-0.15, -0.1) is 6.42 Å². The van der Waals surface area contributed by atoms with E-state index in [9.17, 15) is 4.39 Å². The second-order valence-corrected chi connectivity index (χ2v) is 2.95. The summed E-state index contributed by atoms with van der Waals surface area (Å²) in [5.74, 6) is 2.15. The van der Waals surface area contributed by atoms with Crippen LogP contribution in [0.4, 0.5) is 4.39 Å². The molecule has 1 heterocycles. The maximum absolute atomic E-state index is 13.3. The Morgan fingerprint density at radius 2 is 2.50 bits per heavy atom. The fourth-order valence-corrected chi connectivity index (χ4v) is 1.17. The first-order chi connectivity index (χ1) is 6.79. The highest BCUT2D eigenvalue weighted by Gasteiger charge is 2.11. The van der Waals surface area contributed by atoms with Crippen molar-refractivity contribution in [3.05, 3.63) is 29.8 Å². The predicted octanol–water partition coefficient (Wildman–Crippen LogP) is 1.89. The van der Waals surface area contributed by atoms with Crippen LogP contribution in [-0.4, -0.2) is 11.5 Å². The Labute approximate surface area is 83.6 Å². The number of nitrogens with one attached hydrogen (secondary N) is 1. The zero-order chi connectivity index (χ0) is 10.4. The molecule has 0 bridgehead atoms. The molecule has 3 heteroatoms. The van der Waals surface area contributed by atoms with E-state index >= 15 is 0 Å². The van der Waals surface area contributed by atoms with E-state index in [0.29, 0.717) is 5.56 Å². The summed E-state index contributed by atoms with van der Waals surface area (Å²) < 4.78 is 13.3. The van der Waals surface area contributed by atoms with Crippen LogP contribution in [-0.2, 0) is 0 Å². The highest BCUT2D eigenvalue weighted by atomic mass is 19.1. The van der Waals surface area contributed by atoms with E-state index in [1.165, 1.54) is 12.4 Å². The zero-order valence-electron chi connectivity index (χ0n) is 8.13. The smallest absolute Gasteiger partial charge is 0.147 e. The van der Waals surface area contributed by atoms with E-state index < -0.39 is 0 Å². The van der Waals surface area contributed by atoms with Gasteiger partial charge in [0.1, 0.15) is 5.82 Å². The molecule has 14 heavy (non-hydrogen) atoms. The molecule has 0 aliphatic heterocycles. The van der Waals surface area contributed by atoms with Gasteiger partial charge in [0.05, 0.1) is 12.2 Å². The molecular weight excluding hydrogens is 179 g/mol. The summed E-state index contributed by atoms with van der Waals surface area (Å²) >= 11 is 0. The first-order valence-corrected chi connectivity index (χ1v) is 4.58. The molecule has 0 aliphatic carbocycles. The summed E-state index contributed by atoms with van der Waals surface area (Å²) in [5, 5.41) is 3.07. The minimum atomic E-state index is -0.363. The van der Waals surface area contributed by atoms with Gasteiger partial charge in [0.15, 0.2) is 0 Å². The Kier molecular flexibility index (Phi) is 4.09. The summed E-state index contributed by atoms with van der Waals surface area (Å²) in [5.41, 5.74) is 0.482. The summed E-state index contributed by atoms with van der Waals surface area (Å²) in [6.07, 6.45) is 8.99. The monoisotopic (exact) mass is 192 g/mol. The number of hydrogen-bond donors (Lipinski definition) is 1. The van der Waals surface area contributed by atoms with Crippen LogP contribution < -0.4 is 5.32 Å². The van der Waals surface area contributed by atoms with Crippen molar-refractivity contribution in [1.29, 1.82) is 0 Å². The Morgan fingerprint density at radius 3 is 3.07 bits per heavy atom. The average Bonchev–Trinajstić information content (AvgIpc) is 2.21. The lowest BCUT2D eigenvalue weighted by atomic mass is 10.1. The van der Waals surface area contributed by atoms with Crippen LogP contribution in [0.5, 0.6) is 0 Å². The third kappa shape index (κ3) is 2.54. The minimum absolute atomic E-state index is 0.362. The maximum Gasteiger partial charge on any atom is 0.147 e. The van der Waals surface area contributed by atoms with Gasteiger partial charge < -0.3 is 0 Å². The summed E-state index contributed by atoms with van der Waals surface area (Å²) in [6, 6.07) is 1.24. The van der Waals surface area contributed by atoms with Crippen molar-refractivity contribution in [1.82, 2.24) is 10.3 Å². The maximum atomic E-state index is 13.3. The molecule has 1 unspecified atom stereocenters. The van der Waals surface area contributed by atoms with Crippen LogP contribution in [0.15, 0.2) is 18.5 Å². The lowest BCUT2D eigenvalue weighted by Crippen LogP contribution is -2.21. The normalized spacial score (nSPS) is 12.1.